The molecule has 0 bridgehead atoms. The van der Waals surface area contributed by atoms with Crippen molar-refractivity contribution in [3.63, 3.8) is 0 Å². The summed E-state index contributed by atoms with van der Waals surface area (Å²) in [7, 11) is 0. The van der Waals surface area contributed by atoms with Crippen molar-refractivity contribution >= 4 is 17.7 Å². The molecule has 1 spiro atoms. The molecule has 1 aromatic carbocycles. The highest BCUT2D eigenvalue weighted by Crippen LogP contribution is 2.37. The number of amides is 3. The average molecular weight is 342 g/mol. The number of carbonyl (C=O) groups is 3. The number of urea groups is 1. The largest absolute Gasteiger partial charge is 0.325 e. The van der Waals surface area contributed by atoms with Gasteiger partial charge in [-0.1, -0.05) is 31.0 Å². The van der Waals surface area contributed by atoms with E-state index in [1.807, 2.05) is 32.0 Å². The zero-order valence-corrected chi connectivity index (χ0v) is 15.2. The molecule has 134 valence electrons. The van der Waals surface area contributed by atoms with Crippen molar-refractivity contribution < 1.29 is 14.4 Å². The number of nitrogens with one attached hydrogen (secondary N) is 1. The van der Waals surface area contributed by atoms with E-state index in [1.54, 1.807) is 0 Å². The third-order valence-corrected chi connectivity index (χ3v) is 5.78. The van der Waals surface area contributed by atoms with Crippen molar-refractivity contribution in [3.05, 3.63) is 34.9 Å². The zero-order chi connectivity index (χ0) is 18.2. The molecule has 1 heterocycles. The second kappa shape index (κ2) is 6.62. The standard InChI is InChI=1S/C20H26N2O3/c1-4-15-7-9-20(10-8-15)18(24)22(19(25)21-20)12-17(23)16-11-13(2)5-6-14(16)3/h5-6,11,15H,4,7-10,12H2,1-3H3,(H,21,25). The molecule has 1 aliphatic heterocycles. The number of nitrogens with zero attached hydrogens (tertiary/aromatic N) is 1. The Labute approximate surface area is 148 Å². The lowest BCUT2D eigenvalue weighted by Crippen LogP contribution is -2.49. The van der Waals surface area contributed by atoms with Crippen LogP contribution in [0.25, 0.3) is 0 Å². The highest BCUT2D eigenvalue weighted by Gasteiger charge is 2.52. The summed E-state index contributed by atoms with van der Waals surface area (Å²) in [4.78, 5) is 39.0. The molecule has 0 aromatic heterocycles. The first-order valence-electron chi connectivity index (χ1n) is 9.11. The molecule has 1 aromatic rings. The first kappa shape index (κ1) is 17.6. The van der Waals surface area contributed by atoms with E-state index >= 15 is 0 Å². The summed E-state index contributed by atoms with van der Waals surface area (Å²) < 4.78 is 0. The highest BCUT2D eigenvalue weighted by molar-refractivity contribution is 6.11. The van der Waals surface area contributed by atoms with Crippen LogP contribution in [0.5, 0.6) is 0 Å². The fraction of sp³-hybridized carbons (Fsp3) is 0.550. The van der Waals surface area contributed by atoms with Crippen LogP contribution in [0, 0.1) is 19.8 Å². The van der Waals surface area contributed by atoms with Gasteiger partial charge in [-0.15, -0.1) is 0 Å². The smallest absolute Gasteiger partial charge is 0.323 e. The first-order valence-corrected chi connectivity index (χ1v) is 9.11. The third kappa shape index (κ3) is 3.20. The lowest BCUT2D eigenvalue weighted by molar-refractivity contribution is -0.132. The van der Waals surface area contributed by atoms with Crippen molar-refractivity contribution in [1.82, 2.24) is 10.2 Å². The summed E-state index contributed by atoms with van der Waals surface area (Å²) >= 11 is 0. The van der Waals surface area contributed by atoms with E-state index in [1.165, 1.54) is 0 Å². The van der Waals surface area contributed by atoms with Crippen LogP contribution in [-0.2, 0) is 4.79 Å². The number of imide groups is 1. The van der Waals surface area contributed by atoms with Crippen LogP contribution in [-0.4, -0.2) is 34.7 Å². The minimum absolute atomic E-state index is 0.187. The van der Waals surface area contributed by atoms with Crippen molar-refractivity contribution in [1.29, 1.82) is 0 Å². The van der Waals surface area contributed by atoms with E-state index in [9.17, 15) is 14.4 Å². The molecule has 1 saturated carbocycles. The minimum Gasteiger partial charge on any atom is -0.323 e. The van der Waals surface area contributed by atoms with E-state index in [4.69, 9.17) is 0 Å². The van der Waals surface area contributed by atoms with Gasteiger partial charge >= 0.3 is 6.03 Å². The Kier molecular flexibility index (Phi) is 4.67. The van der Waals surface area contributed by atoms with E-state index in [2.05, 4.69) is 12.2 Å². The normalized spacial score (nSPS) is 26.2. The Morgan fingerprint density at radius 3 is 2.56 bits per heavy atom. The zero-order valence-electron chi connectivity index (χ0n) is 15.2. The monoisotopic (exact) mass is 342 g/mol. The highest BCUT2D eigenvalue weighted by atomic mass is 16.2. The summed E-state index contributed by atoms with van der Waals surface area (Å²) in [6.07, 6.45) is 4.34. The number of carbonyl (C=O) groups excluding carboxylic acids is 3. The number of hydrogen-bond acceptors (Lipinski definition) is 3. The Morgan fingerprint density at radius 2 is 1.92 bits per heavy atom. The van der Waals surface area contributed by atoms with Crippen LogP contribution in [0.3, 0.4) is 0 Å². The number of Topliss-reactive ketones (excluding diaryl/α,β-unsaturated/α-hetero) is 1. The van der Waals surface area contributed by atoms with Crippen LogP contribution in [0.15, 0.2) is 18.2 Å². The molecular formula is C20H26N2O3. The van der Waals surface area contributed by atoms with Gasteiger partial charge in [-0.25, -0.2) is 4.79 Å². The SMILES string of the molecule is CCC1CCC2(CC1)NC(=O)N(CC(=O)c1cc(C)ccc1C)C2=O. The van der Waals surface area contributed by atoms with Gasteiger partial charge in [-0.05, 0) is 57.1 Å². The quantitative estimate of drug-likeness (QED) is 0.674. The molecular weight excluding hydrogens is 316 g/mol. The summed E-state index contributed by atoms with van der Waals surface area (Å²) in [6.45, 7) is 5.76. The van der Waals surface area contributed by atoms with E-state index in [-0.39, 0.29) is 18.2 Å². The molecule has 1 saturated heterocycles. The predicted molar refractivity (Wildman–Crippen MR) is 95.5 cm³/mol. The molecule has 0 unspecified atom stereocenters. The molecule has 2 fully saturated rings. The summed E-state index contributed by atoms with van der Waals surface area (Å²) in [6, 6.07) is 5.22. The van der Waals surface area contributed by atoms with Crippen LogP contribution < -0.4 is 5.32 Å². The number of ketones is 1. The molecule has 2 aliphatic rings. The number of rotatable bonds is 4. The fourth-order valence-corrected chi connectivity index (χ4v) is 4.00. The maximum absolute atomic E-state index is 12.9. The van der Waals surface area contributed by atoms with Crippen molar-refractivity contribution in [2.45, 2.75) is 58.4 Å². The van der Waals surface area contributed by atoms with Crippen molar-refractivity contribution in [2.75, 3.05) is 6.54 Å². The molecule has 3 rings (SSSR count). The third-order valence-electron chi connectivity index (χ3n) is 5.78. The Balaban J connectivity index is 1.75. The van der Waals surface area contributed by atoms with Crippen LogP contribution in [0.4, 0.5) is 4.79 Å². The lowest BCUT2D eigenvalue weighted by atomic mass is 9.75. The topological polar surface area (TPSA) is 66.5 Å². The van der Waals surface area contributed by atoms with E-state index < -0.39 is 11.6 Å². The molecule has 0 atom stereocenters. The summed E-state index contributed by atoms with van der Waals surface area (Å²) in [5, 5.41) is 2.88. The second-order valence-corrected chi connectivity index (χ2v) is 7.50. The second-order valence-electron chi connectivity index (χ2n) is 7.50. The van der Waals surface area contributed by atoms with E-state index in [0.717, 1.165) is 35.3 Å². The maximum atomic E-state index is 12.9. The van der Waals surface area contributed by atoms with Crippen molar-refractivity contribution in [2.24, 2.45) is 5.92 Å². The summed E-state index contributed by atoms with van der Waals surface area (Å²) in [5.74, 6) is 0.204. The van der Waals surface area contributed by atoms with Gasteiger partial charge in [-0.2, -0.15) is 0 Å². The molecule has 1 N–H and O–H groups in total. The van der Waals surface area contributed by atoms with Gasteiger partial charge in [0, 0.05) is 5.56 Å². The lowest BCUT2D eigenvalue weighted by Gasteiger charge is -2.34. The molecule has 1 aliphatic carbocycles. The van der Waals surface area contributed by atoms with Gasteiger partial charge in [-0.3, -0.25) is 14.5 Å². The van der Waals surface area contributed by atoms with Gasteiger partial charge in [0.25, 0.3) is 5.91 Å². The fourth-order valence-electron chi connectivity index (χ4n) is 4.00. The average Bonchev–Trinajstić information content (AvgIpc) is 2.82. The van der Waals surface area contributed by atoms with Gasteiger partial charge in [0.05, 0.1) is 6.54 Å². The molecule has 25 heavy (non-hydrogen) atoms. The predicted octanol–water partition coefficient (Wildman–Crippen LogP) is 3.38. The molecule has 0 radical (unpaired) electrons. The molecule has 5 heteroatoms. The first-order chi connectivity index (χ1) is 11.9. The maximum Gasteiger partial charge on any atom is 0.325 e. The number of benzene rings is 1. The molecule has 3 amide bonds. The van der Waals surface area contributed by atoms with Crippen LogP contribution in [0.1, 0.15) is 60.5 Å². The Hall–Kier alpha value is -2.17. The van der Waals surface area contributed by atoms with Gasteiger partial charge in [0.2, 0.25) is 0 Å². The van der Waals surface area contributed by atoms with Crippen molar-refractivity contribution in [3.8, 4) is 0 Å². The van der Waals surface area contributed by atoms with Gasteiger partial charge in [0.15, 0.2) is 5.78 Å². The van der Waals surface area contributed by atoms with Gasteiger partial charge in [0.1, 0.15) is 5.54 Å². The van der Waals surface area contributed by atoms with Crippen LogP contribution >= 0.6 is 0 Å². The Morgan fingerprint density at radius 1 is 1.24 bits per heavy atom. The van der Waals surface area contributed by atoms with Crippen LogP contribution in [0.2, 0.25) is 0 Å². The summed E-state index contributed by atoms with van der Waals surface area (Å²) in [5.41, 5.74) is 1.64. The number of aryl methyl sites for hydroxylation is 2. The van der Waals surface area contributed by atoms with E-state index in [0.29, 0.717) is 24.3 Å². The number of hydrogen-bond donors (Lipinski definition) is 1. The molecule has 5 nitrogen and oxygen atoms in total. The van der Waals surface area contributed by atoms with Gasteiger partial charge < -0.3 is 5.32 Å². The minimum atomic E-state index is -0.787. The Bertz CT molecular complexity index is 718.